The van der Waals surface area contributed by atoms with Gasteiger partial charge in [0, 0.05) is 30.5 Å². The van der Waals surface area contributed by atoms with E-state index in [2.05, 4.69) is 82.2 Å². The maximum atomic E-state index is 7.72. The summed E-state index contributed by atoms with van der Waals surface area (Å²) >= 11 is 0. The van der Waals surface area contributed by atoms with E-state index in [4.69, 9.17) is 6.57 Å². The molecule has 0 fully saturated rings. The quantitative estimate of drug-likeness (QED) is 0.286. The van der Waals surface area contributed by atoms with Crippen molar-refractivity contribution in [2.24, 2.45) is 0 Å². The van der Waals surface area contributed by atoms with Crippen molar-refractivity contribution in [3.63, 3.8) is 0 Å². The summed E-state index contributed by atoms with van der Waals surface area (Å²) in [5.74, 6) is 0. The summed E-state index contributed by atoms with van der Waals surface area (Å²) in [5.41, 5.74) is 8.00. The van der Waals surface area contributed by atoms with Crippen LogP contribution >= 0.6 is 0 Å². The predicted octanol–water partition coefficient (Wildman–Crippen LogP) is 5.42. The molecule has 0 saturated heterocycles. The Balaban J connectivity index is 1.85. The van der Waals surface area contributed by atoms with Gasteiger partial charge in [-0.15, -0.1) is 0 Å². The highest BCUT2D eigenvalue weighted by Gasteiger charge is 2.24. The first-order valence-corrected chi connectivity index (χ1v) is 10.3. The largest absolute Gasteiger partial charge is 0.292 e. The molecule has 0 N–H and O–H groups in total. The van der Waals surface area contributed by atoms with Crippen LogP contribution in [0, 0.1) is 27.3 Å². The summed E-state index contributed by atoms with van der Waals surface area (Å²) in [6.07, 6.45) is 1.86. The van der Waals surface area contributed by atoms with E-state index in [0.29, 0.717) is 5.69 Å². The highest BCUT2D eigenvalue weighted by molar-refractivity contribution is 5.79. The molecule has 3 aromatic carbocycles. The number of fused-ring (bicyclic) bond motifs is 2. The van der Waals surface area contributed by atoms with E-state index in [1.54, 1.807) is 0 Å². The lowest BCUT2D eigenvalue weighted by Crippen LogP contribution is -2.40. The fourth-order valence-electron chi connectivity index (χ4n) is 4.31. The zero-order chi connectivity index (χ0) is 21.5. The molecule has 0 radical (unpaired) electrons. The second kappa shape index (κ2) is 7.30. The van der Waals surface area contributed by atoms with Crippen LogP contribution in [-0.4, -0.2) is 4.98 Å². The van der Waals surface area contributed by atoms with Gasteiger partial charge in [-0.3, -0.25) is 0 Å². The van der Waals surface area contributed by atoms with Gasteiger partial charge in [0.2, 0.25) is 11.2 Å². The minimum atomic E-state index is 0.607. The smallest absolute Gasteiger partial charge is 0.238 e. The number of rotatable bonds is 2. The van der Waals surface area contributed by atoms with Gasteiger partial charge in [0.25, 0.3) is 6.33 Å². The molecule has 5 aromatic rings. The molecule has 0 aliphatic heterocycles. The minimum absolute atomic E-state index is 0.607. The van der Waals surface area contributed by atoms with Crippen molar-refractivity contribution < 1.29 is 9.13 Å². The Morgan fingerprint density at radius 2 is 1.58 bits per heavy atom. The fourth-order valence-corrected chi connectivity index (χ4v) is 4.31. The molecular weight excluding hydrogens is 380 g/mol. The van der Waals surface area contributed by atoms with E-state index in [-0.39, 0.29) is 0 Å². The molecule has 0 unspecified atom stereocenters. The third-order valence-electron chi connectivity index (χ3n) is 5.97. The summed E-state index contributed by atoms with van der Waals surface area (Å²) in [7, 11) is 0. The predicted molar refractivity (Wildman–Crippen MR) is 123 cm³/mol. The SMILES string of the molecule is [C-]#[N+]c1cc(-[n+]2cnc3ccccc3c2C)c(C)c(-[n+]2c(C)ccc3ccccc32)c1. The van der Waals surface area contributed by atoms with Gasteiger partial charge in [0.15, 0.2) is 16.9 Å². The zero-order valence-electron chi connectivity index (χ0n) is 17.8. The Kier molecular flexibility index (Phi) is 4.45. The van der Waals surface area contributed by atoms with Crippen molar-refractivity contribution in [2.75, 3.05) is 0 Å². The molecule has 4 nitrogen and oxygen atoms in total. The Morgan fingerprint density at radius 3 is 2.42 bits per heavy atom. The van der Waals surface area contributed by atoms with Gasteiger partial charge in [-0.2, -0.15) is 4.57 Å². The lowest BCUT2D eigenvalue weighted by atomic mass is 10.1. The van der Waals surface area contributed by atoms with Crippen LogP contribution in [0.15, 0.2) is 79.1 Å². The van der Waals surface area contributed by atoms with Gasteiger partial charge in [0.05, 0.1) is 17.5 Å². The lowest BCUT2D eigenvalue weighted by Gasteiger charge is -2.12. The summed E-state index contributed by atoms with van der Waals surface area (Å²) < 4.78 is 4.34. The molecule has 2 aromatic heterocycles. The molecule has 31 heavy (non-hydrogen) atoms. The Labute approximate surface area is 181 Å². The lowest BCUT2D eigenvalue weighted by molar-refractivity contribution is -0.607. The molecule has 0 aliphatic rings. The van der Waals surface area contributed by atoms with Crippen molar-refractivity contribution in [1.29, 1.82) is 0 Å². The average molecular weight is 403 g/mol. The van der Waals surface area contributed by atoms with Crippen LogP contribution in [0.25, 0.3) is 38.0 Å². The number of aryl methyl sites for hydroxylation is 2. The van der Waals surface area contributed by atoms with Gasteiger partial charge in [0.1, 0.15) is 11.4 Å². The van der Waals surface area contributed by atoms with Crippen LogP contribution in [-0.2, 0) is 0 Å². The molecule has 148 valence electrons. The highest BCUT2D eigenvalue weighted by Crippen LogP contribution is 2.26. The third-order valence-corrected chi connectivity index (χ3v) is 5.97. The van der Waals surface area contributed by atoms with Crippen molar-refractivity contribution in [1.82, 2.24) is 4.98 Å². The molecule has 0 spiro atoms. The number of aromatic nitrogens is 3. The van der Waals surface area contributed by atoms with E-state index >= 15 is 0 Å². The van der Waals surface area contributed by atoms with Gasteiger partial charge in [-0.1, -0.05) is 24.3 Å². The van der Waals surface area contributed by atoms with Crippen molar-refractivity contribution in [3.8, 4) is 11.4 Å². The molecule has 0 saturated carbocycles. The van der Waals surface area contributed by atoms with Crippen molar-refractivity contribution in [2.45, 2.75) is 20.8 Å². The van der Waals surface area contributed by atoms with Crippen LogP contribution in [0.4, 0.5) is 5.69 Å². The van der Waals surface area contributed by atoms with Crippen LogP contribution < -0.4 is 9.13 Å². The minimum Gasteiger partial charge on any atom is -0.238 e. The summed E-state index contributed by atoms with van der Waals surface area (Å²) in [5, 5.41) is 2.27. The van der Waals surface area contributed by atoms with Crippen molar-refractivity contribution in [3.05, 3.63) is 107 Å². The maximum Gasteiger partial charge on any atom is 0.292 e. The van der Waals surface area contributed by atoms with E-state index in [1.807, 2.05) is 36.7 Å². The topological polar surface area (TPSA) is 25.0 Å². The van der Waals surface area contributed by atoms with Crippen LogP contribution in [0.1, 0.15) is 17.0 Å². The molecule has 0 aliphatic carbocycles. The number of benzene rings is 3. The van der Waals surface area contributed by atoms with Crippen LogP contribution in [0.2, 0.25) is 0 Å². The summed E-state index contributed by atoms with van der Waals surface area (Å²) in [4.78, 5) is 8.45. The molecule has 5 rings (SSSR count). The number of hydrogen-bond acceptors (Lipinski definition) is 1. The second-order valence-corrected chi connectivity index (χ2v) is 7.81. The first-order chi connectivity index (χ1) is 15.1. The Bertz CT molecular complexity index is 1530. The van der Waals surface area contributed by atoms with Gasteiger partial charge in [-0.05, 0) is 49.2 Å². The van der Waals surface area contributed by atoms with E-state index < -0.39 is 0 Å². The number of nitrogens with zero attached hydrogens (tertiary/aromatic N) is 4. The molecule has 0 atom stereocenters. The highest BCUT2D eigenvalue weighted by atomic mass is 15.0. The molecule has 2 heterocycles. The maximum absolute atomic E-state index is 7.72. The Morgan fingerprint density at radius 1 is 0.839 bits per heavy atom. The summed E-state index contributed by atoms with van der Waals surface area (Å²) in [6, 6.07) is 24.7. The van der Waals surface area contributed by atoms with Gasteiger partial charge >= 0.3 is 0 Å². The second-order valence-electron chi connectivity index (χ2n) is 7.81. The third kappa shape index (κ3) is 3.03. The standard InChI is InChI=1S/C27H22N4/c1-18-13-14-21-9-5-8-12-25(21)31(18)27-16-22(28-4)15-26(19(27)2)30-17-29-24-11-7-6-10-23(24)20(30)3/h5-17H,1-3H3/q+2. The van der Waals surface area contributed by atoms with E-state index in [1.165, 1.54) is 5.39 Å². The Hall–Kier alpha value is -4.10. The van der Waals surface area contributed by atoms with Gasteiger partial charge < -0.3 is 0 Å². The van der Waals surface area contributed by atoms with Crippen molar-refractivity contribution >= 4 is 27.5 Å². The number of para-hydroxylation sites is 2. The zero-order valence-corrected chi connectivity index (χ0v) is 17.8. The first-order valence-electron chi connectivity index (χ1n) is 10.3. The molecule has 0 bridgehead atoms. The molecule has 4 heteroatoms. The number of pyridine rings is 1. The van der Waals surface area contributed by atoms with Crippen LogP contribution in [0.5, 0.6) is 0 Å². The monoisotopic (exact) mass is 402 g/mol. The number of hydrogen-bond donors (Lipinski definition) is 0. The average Bonchev–Trinajstić information content (AvgIpc) is 2.80. The normalized spacial score (nSPS) is 11.0. The van der Waals surface area contributed by atoms with E-state index in [9.17, 15) is 0 Å². The molecular formula is C27H22N4+2. The first kappa shape index (κ1) is 18.9. The van der Waals surface area contributed by atoms with Gasteiger partial charge in [-0.25, -0.2) is 9.41 Å². The van der Waals surface area contributed by atoms with Crippen LogP contribution in [0.3, 0.4) is 0 Å². The van der Waals surface area contributed by atoms with E-state index in [0.717, 1.165) is 44.7 Å². The molecule has 0 amide bonds. The summed E-state index contributed by atoms with van der Waals surface area (Å²) in [6.45, 7) is 14.0. The fraction of sp³-hybridized carbons (Fsp3) is 0.111.